The van der Waals surface area contributed by atoms with Crippen molar-refractivity contribution in [3.63, 3.8) is 0 Å². The van der Waals surface area contributed by atoms with E-state index in [1.165, 1.54) is 6.92 Å². The Morgan fingerprint density at radius 2 is 1.91 bits per heavy atom. The van der Waals surface area contributed by atoms with Crippen molar-refractivity contribution in [3.8, 4) is 11.5 Å². The van der Waals surface area contributed by atoms with E-state index in [0.717, 1.165) is 22.8 Å². The van der Waals surface area contributed by atoms with E-state index in [4.69, 9.17) is 13.9 Å². The van der Waals surface area contributed by atoms with E-state index in [2.05, 4.69) is 0 Å². The summed E-state index contributed by atoms with van der Waals surface area (Å²) in [5, 5.41) is 3.44. The molecule has 0 saturated carbocycles. The molecular formula is C27H26O5. The van der Waals surface area contributed by atoms with Gasteiger partial charge in [-0.3, -0.25) is 9.59 Å². The smallest absolute Gasteiger partial charge is 0.308 e. The van der Waals surface area contributed by atoms with Crippen molar-refractivity contribution in [2.75, 3.05) is 7.11 Å². The van der Waals surface area contributed by atoms with E-state index in [-0.39, 0.29) is 11.3 Å². The fourth-order valence-corrected chi connectivity index (χ4v) is 4.24. The van der Waals surface area contributed by atoms with Crippen molar-refractivity contribution >= 4 is 38.5 Å². The van der Waals surface area contributed by atoms with Gasteiger partial charge in [0.25, 0.3) is 0 Å². The van der Waals surface area contributed by atoms with Crippen molar-refractivity contribution in [2.45, 2.75) is 40.0 Å². The highest BCUT2D eigenvalue weighted by molar-refractivity contribution is 6.17. The zero-order valence-corrected chi connectivity index (χ0v) is 18.9. The first kappa shape index (κ1) is 21.6. The van der Waals surface area contributed by atoms with Gasteiger partial charge in [0, 0.05) is 18.9 Å². The molecule has 0 bridgehead atoms. The molecule has 1 atom stereocenters. The second-order valence-electron chi connectivity index (χ2n) is 8.07. The SMILES string of the molecule is C/C=C\C[C@@H](C)c1cc(=O)c2c(C)cc3cc4cccc(OC)c4c(OC(C)=O)c3c2o1. The average Bonchev–Trinajstić information content (AvgIpc) is 2.75. The Balaban J connectivity index is 2.21. The monoisotopic (exact) mass is 430 g/mol. The zero-order valence-electron chi connectivity index (χ0n) is 18.9. The summed E-state index contributed by atoms with van der Waals surface area (Å²) in [4.78, 5) is 25.3. The first-order chi connectivity index (χ1) is 15.3. The maximum Gasteiger partial charge on any atom is 0.308 e. The van der Waals surface area contributed by atoms with Crippen LogP contribution in [0.3, 0.4) is 0 Å². The number of aryl methyl sites for hydroxylation is 1. The molecule has 0 radical (unpaired) electrons. The lowest BCUT2D eigenvalue weighted by molar-refractivity contribution is -0.131. The minimum absolute atomic E-state index is 0.0195. The number of carbonyl (C=O) groups excluding carboxylic acids is 1. The normalized spacial score (nSPS) is 12.7. The molecule has 5 heteroatoms. The predicted octanol–water partition coefficient (Wildman–Crippen LogP) is 6.41. The largest absolute Gasteiger partial charge is 0.496 e. The van der Waals surface area contributed by atoms with Crippen molar-refractivity contribution in [1.82, 2.24) is 0 Å². The highest BCUT2D eigenvalue weighted by Gasteiger charge is 2.22. The topological polar surface area (TPSA) is 65.7 Å². The van der Waals surface area contributed by atoms with Gasteiger partial charge >= 0.3 is 5.97 Å². The van der Waals surface area contributed by atoms with Crippen LogP contribution in [-0.2, 0) is 4.79 Å². The van der Waals surface area contributed by atoms with Gasteiger partial charge in [-0.1, -0.05) is 37.3 Å². The lowest BCUT2D eigenvalue weighted by Crippen LogP contribution is -2.08. The summed E-state index contributed by atoms with van der Waals surface area (Å²) in [6.45, 7) is 7.23. The van der Waals surface area contributed by atoms with E-state index in [9.17, 15) is 9.59 Å². The van der Waals surface area contributed by atoms with Crippen LogP contribution in [-0.4, -0.2) is 13.1 Å². The van der Waals surface area contributed by atoms with Crippen LogP contribution < -0.4 is 14.9 Å². The van der Waals surface area contributed by atoms with Crippen LogP contribution in [0.5, 0.6) is 11.5 Å². The summed E-state index contributed by atoms with van der Waals surface area (Å²) in [7, 11) is 1.57. The van der Waals surface area contributed by atoms with Crippen LogP contribution in [0, 0.1) is 6.92 Å². The number of fused-ring (bicyclic) bond motifs is 4. The highest BCUT2D eigenvalue weighted by Crippen LogP contribution is 2.44. The molecule has 3 aromatic carbocycles. The molecule has 5 nitrogen and oxygen atoms in total. The third kappa shape index (κ3) is 3.64. The fraction of sp³-hybridized carbons (Fsp3) is 0.259. The molecule has 4 rings (SSSR count). The van der Waals surface area contributed by atoms with Gasteiger partial charge in [-0.25, -0.2) is 0 Å². The number of benzene rings is 3. The number of hydrogen-bond donors (Lipinski definition) is 0. The molecule has 0 spiro atoms. The Labute approximate surface area is 186 Å². The van der Waals surface area contributed by atoms with Crippen LogP contribution in [0.15, 0.2) is 57.8 Å². The van der Waals surface area contributed by atoms with E-state index < -0.39 is 5.97 Å². The lowest BCUT2D eigenvalue weighted by Gasteiger charge is -2.17. The zero-order chi connectivity index (χ0) is 23.0. The third-order valence-corrected chi connectivity index (χ3v) is 5.75. The van der Waals surface area contributed by atoms with Gasteiger partial charge in [-0.05, 0) is 48.7 Å². The molecule has 4 aromatic rings. The van der Waals surface area contributed by atoms with Gasteiger partial charge in [-0.15, -0.1) is 0 Å². The van der Waals surface area contributed by atoms with E-state index >= 15 is 0 Å². The predicted molar refractivity (Wildman–Crippen MR) is 128 cm³/mol. The number of carbonyl (C=O) groups is 1. The van der Waals surface area contributed by atoms with Gasteiger partial charge in [0.1, 0.15) is 17.1 Å². The molecule has 0 aliphatic heterocycles. The number of allylic oxidation sites excluding steroid dienone is 2. The molecule has 1 heterocycles. The van der Waals surface area contributed by atoms with Crippen molar-refractivity contribution < 1.29 is 18.7 Å². The average molecular weight is 431 g/mol. The molecule has 0 aliphatic rings. The molecule has 0 fully saturated rings. The first-order valence-corrected chi connectivity index (χ1v) is 10.7. The molecule has 0 aliphatic carbocycles. The molecule has 0 unspecified atom stereocenters. The molecule has 0 amide bonds. The third-order valence-electron chi connectivity index (χ3n) is 5.75. The Kier molecular flexibility index (Phi) is 5.74. The Morgan fingerprint density at radius 3 is 2.59 bits per heavy atom. The standard InChI is InChI=1S/C27H26O5/c1-6-7-9-15(2)22-14-20(29)23-16(3)12-19-13-18-10-8-11-21(30-5)24(18)27(31-17(4)28)25(19)26(23)32-22/h6-8,10-15H,9H2,1-5H3/b7-6-/t15-/m1/s1. The minimum atomic E-state index is -0.460. The van der Waals surface area contributed by atoms with Crippen molar-refractivity contribution in [1.29, 1.82) is 0 Å². The molecule has 0 saturated heterocycles. The summed E-state index contributed by atoms with van der Waals surface area (Å²) in [5.41, 5.74) is 1.13. The minimum Gasteiger partial charge on any atom is -0.496 e. The fourth-order valence-electron chi connectivity index (χ4n) is 4.24. The van der Waals surface area contributed by atoms with Gasteiger partial charge in [-0.2, -0.15) is 0 Å². The number of rotatable bonds is 5. The Hall–Kier alpha value is -3.60. The van der Waals surface area contributed by atoms with Gasteiger partial charge < -0.3 is 13.9 Å². The Morgan fingerprint density at radius 1 is 1.12 bits per heavy atom. The molecule has 32 heavy (non-hydrogen) atoms. The van der Waals surface area contributed by atoms with Gasteiger partial charge in [0.15, 0.2) is 11.2 Å². The van der Waals surface area contributed by atoms with Crippen molar-refractivity contribution in [2.24, 2.45) is 0 Å². The highest BCUT2D eigenvalue weighted by atomic mass is 16.5. The van der Waals surface area contributed by atoms with E-state index in [0.29, 0.717) is 39.0 Å². The van der Waals surface area contributed by atoms with Crippen LogP contribution in [0.2, 0.25) is 0 Å². The van der Waals surface area contributed by atoms with Crippen LogP contribution >= 0.6 is 0 Å². The quantitative estimate of drug-likeness (QED) is 0.120. The van der Waals surface area contributed by atoms with Crippen LogP contribution in [0.1, 0.15) is 44.4 Å². The maximum atomic E-state index is 13.2. The lowest BCUT2D eigenvalue weighted by atomic mass is 9.96. The maximum absolute atomic E-state index is 13.2. The summed E-state index contributed by atoms with van der Waals surface area (Å²) in [5.74, 6) is 1.08. The summed E-state index contributed by atoms with van der Waals surface area (Å²) in [6, 6.07) is 11.2. The number of methoxy groups -OCH3 is 1. The van der Waals surface area contributed by atoms with E-state index in [1.54, 1.807) is 13.2 Å². The van der Waals surface area contributed by atoms with Crippen LogP contribution in [0.4, 0.5) is 0 Å². The number of hydrogen-bond acceptors (Lipinski definition) is 5. The second-order valence-corrected chi connectivity index (χ2v) is 8.07. The first-order valence-electron chi connectivity index (χ1n) is 10.7. The van der Waals surface area contributed by atoms with E-state index in [1.807, 2.05) is 63.3 Å². The summed E-state index contributed by atoms with van der Waals surface area (Å²) in [6.07, 6.45) is 4.78. The van der Waals surface area contributed by atoms with Crippen molar-refractivity contribution in [3.05, 3.63) is 70.1 Å². The summed E-state index contributed by atoms with van der Waals surface area (Å²) < 4.78 is 17.7. The van der Waals surface area contributed by atoms with Gasteiger partial charge in [0.05, 0.1) is 23.3 Å². The van der Waals surface area contributed by atoms with Gasteiger partial charge in [0.2, 0.25) is 0 Å². The molecule has 1 aromatic heterocycles. The molecule has 164 valence electrons. The Bertz CT molecular complexity index is 1440. The number of ether oxygens (including phenoxy) is 2. The summed E-state index contributed by atoms with van der Waals surface area (Å²) >= 11 is 0. The second kappa shape index (κ2) is 8.50. The molecule has 0 N–H and O–H groups in total. The molecular weight excluding hydrogens is 404 g/mol. The number of esters is 1. The van der Waals surface area contributed by atoms with Crippen LogP contribution in [0.25, 0.3) is 32.5 Å².